The Balaban J connectivity index is 1.59. The standard InChI is InChI=1S/C24H20ClNO2/c1-27-23-14-19-13-20(12-11-18-9-5-6-10-21(18)25)26-22(19)15-24(23)28-16-17-7-3-2-4-8-17/h2-15,26H,16H2,1H3. The Morgan fingerprint density at radius 1 is 0.893 bits per heavy atom. The van der Waals surface area contributed by atoms with Gasteiger partial charge in [-0.05, 0) is 35.4 Å². The summed E-state index contributed by atoms with van der Waals surface area (Å²) in [6.07, 6.45) is 4.01. The van der Waals surface area contributed by atoms with Crippen molar-refractivity contribution < 1.29 is 9.47 Å². The maximum atomic E-state index is 6.22. The van der Waals surface area contributed by atoms with Gasteiger partial charge in [0.25, 0.3) is 0 Å². The molecule has 0 aliphatic carbocycles. The molecule has 28 heavy (non-hydrogen) atoms. The predicted molar refractivity (Wildman–Crippen MR) is 116 cm³/mol. The van der Waals surface area contributed by atoms with Crippen LogP contribution in [0.15, 0.2) is 72.8 Å². The molecule has 4 aromatic rings. The van der Waals surface area contributed by atoms with Crippen LogP contribution in [0.5, 0.6) is 11.5 Å². The molecule has 0 aliphatic heterocycles. The fourth-order valence-electron chi connectivity index (χ4n) is 3.05. The van der Waals surface area contributed by atoms with E-state index in [1.54, 1.807) is 7.11 Å². The van der Waals surface area contributed by atoms with Crippen molar-refractivity contribution in [1.82, 2.24) is 4.98 Å². The van der Waals surface area contributed by atoms with Gasteiger partial charge in [0.15, 0.2) is 11.5 Å². The lowest BCUT2D eigenvalue weighted by Crippen LogP contribution is -1.97. The van der Waals surface area contributed by atoms with Gasteiger partial charge < -0.3 is 14.5 Å². The second-order valence-corrected chi connectivity index (χ2v) is 6.85. The Kier molecular flexibility index (Phi) is 5.36. The molecular weight excluding hydrogens is 370 g/mol. The molecule has 3 aromatic carbocycles. The molecule has 1 aromatic heterocycles. The number of benzene rings is 3. The van der Waals surface area contributed by atoms with Gasteiger partial charge in [-0.3, -0.25) is 0 Å². The summed E-state index contributed by atoms with van der Waals surface area (Å²) in [6, 6.07) is 23.9. The molecule has 1 N–H and O–H groups in total. The highest BCUT2D eigenvalue weighted by atomic mass is 35.5. The average Bonchev–Trinajstić information content (AvgIpc) is 3.13. The molecule has 0 saturated heterocycles. The van der Waals surface area contributed by atoms with Crippen molar-refractivity contribution in [2.75, 3.05) is 7.11 Å². The number of rotatable bonds is 6. The molecule has 0 unspecified atom stereocenters. The molecule has 0 radical (unpaired) electrons. The van der Waals surface area contributed by atoms with Crippen molar-refractivity contribution in [2.24, 2.45) is 0 Å². The predicted octanol–water partition coefficient (Wildman–Crippen LogP) is 6.58. The number of aromatic amines is 1. The summed E-state index contributed by atoms with van der Waals surface area (Å²) in [6.45, 7) is 0.489. The van der Waals surface area contributed by atoms with Crippen molar-refractivity contribution in [3.63, 3.8) is 0 Å². The van der Waals surface area contributed by atoms with Crippen LogP contribution in [0.4, 0.5) is 0 Å². The van der Waals surface area contributed by atoms with Gasteiger partial charge in [0, 0.05) is 27.7 Å². The summed E-state index contributed by atoms with van der Waals surface area (Å²) in [5, 5.41) is 1.79. The zero-order valence-electron chi connectivity index (χ0n) is 15.5. The van der Waals surface area contributed by atoms with E-state index in [9.17, 15) is 0 Å². The van der Waals surface area contributed by atoms with Gasteiger partial charge in [-0.1, -0.05) is 66.2 Å². The quantitative estimate of drug-likeness (QED) is 0.404. The van der Waals surface area contributed by atoms with Gasteiger partial charge in [0.05, 0.1) is 7.11 Å². The molecule has 0 spiro atoms. The Hall–Kier alpha value is -3.17. The lowest BCUT2D eigenvalue weighted by Gasteiger charge is -2.11. The van der Waals surface area contributed by atoms with E-state index in [-0.39, 0.29) is 0 Å². The smallest absolute Gasteiger partial charge is 0.163 e. The maximum absolute atomic E-state index is 6.22. The number of hydrogen-bond donors (Lipinski definition) is 1. The number of fused-ring (bicyclic) bond motifs is 1. The first-order valence-corrected chi connectivity index (χ1v) is 9.41. The van der Waals surface area contributed by atoms with Crippen molar-refractivity contribution in [3.8, 4) is 11.5 Å². The number of ether oxygens (including phenoxy) is 2. The fourth-order valence-corrected chi connectivity index (χ4v) is 3.25. The first-order valence-electron chi connectivity index (χ1n) is 9.03. The van der Waals surface area contributed by atoms with Crippen LogP contribution in [0.3, 0.4) is 0 Å². The van der Waals surface area contributed by atoms with Crippen molar-refractivity contribution in [2.45, 2.75) is 6.61 Å². The Bertz CT molecular complexity index is 1120. The maximum Gasteiger partial charge on any atom is 0.163 e. The zero-order chi connectivity index (χ0) is 19.3. The van der Waals surface area contributed by atoms with Crippen LogP contribution in [0.2, 0.25) is 5.02 Å². The molecule has 0 saturated carbocycles. The highest BCUT2D eigenvalue weighted by Crippen LogP contribution is 2.33. The number of H-pyrrole nitrogens is 1. The van der Waals surface area contributed by atoms with Crippen LogP contribution in [-0.2, 0) is 6.61 Å². The molecule has 0 amide bonds. The third-order valence-corrected chi connectivity index (χ3v) is 4.85. The Labute approximate surface area is 169 Å². The van der Waals surface area contributed by atoms with Gasteiger partial charge in [0.1, 0.15) is 6.61 Å². The van der Waals surface area contributed by atoms with Gasteiger partial charge in [0.2, 0.25) is 0 Å². The van der Waals surface area contributed by atoms with Gasteiger partial charge in [-0.15, -0.1) is 0 Å². The molecular formula is C24H20ClNO2. The minimum atomic E-state index is 0.489. The van der Waals surface area contributed by atoms with Crippen molar-refractivity contribution in [3.05, 3.63) is 94.6 Å². The summed E-state index contributed by atoms with van der Waals surface area (Å²) in [4.78, 5) is 3.41. The van der Waals surface area contributed by atoms with E-state index in [0.29, 0.717) is 18.1 Å². The highest BCUT2D eigenvalue weighted by Gasteiger charge is 2.09. The third-order valence-electron chi connectivity index (χ3n) is 4.51. The van der Waals surface area contributed by atoms with E-state index in [4.69, 9.17) is 21.1 Å². The first-order chi connectivity index (χ1) is 13.7. The molecule has 0 fully saturated rings. The summed E-state index contributed by atoms with van der Waals surface area (Å²) in [5.41, 5.74) is 4.06. The summed E-state index contributed by atoms with van der Waals surface area (Å²) in [5.74, 6) is 1.42. The van der Waals surface area contributed by atoms with Gasteiger partial charge >= 0.3 is 0 Å². The average molecular weight is 390 g/mol. The molecule has 3 nitrogen and oxygen atoms in total. The molecule has 1 heterocycles. The lowest BCUT2D eigenvalue weighted by atomic mass is 10.2. The zero-order valence-corrected chi connectivity index (χ0v) is 16.2. The van der Waals surface area contributed by atoms with E-state index in [1.807, 2.05) is 78.9 Å². The van der Waals surface area contributed by atoms with Crippen LogP contribution in [0.1, 0.15) is 16.8 Å². The normalized spacial score (nSPS) is 11.2. The fraction of sp³-hybridized carbons (Fsp3) is 0.0833. The van der Waals surface area contributed by atoms with Gasteiger partial charge in [-0.2, -0.15) is 0 Å². The number of halogens is 1. The van der Waals surface area contributed by atoms with Crippen LogP contribution in [-0.4, -0.2) is 12.1 Å². The first kappa shape index (κ1) is 18.2. The largest absolute Gasteiger partial charge is 0.493 e. The minimum Gasteiger partial charge on any atom is -0.493 e. The molecule has 0 bridgehead atoms. The number of methoxy groups -OCH3 is 1. The van der Waals surface area contributed by atoms with Crippen molar-refractivity contribution >= 4 is 34.7 Å². The highest BCUT2D eigenvalue weighted by molar-refractivity contribution is 6.32. The molecule has 0 atom stereocenters. The summed E-state index contributed by atoms with van der Waals surface area (Å²) in [7, 11) is 1.65. The monoisotopic (exact) mass is 389 g/mol. The Morgan fingerprint density at radius 2 is 1.68 bits per heavy atom. The van der Waals surface area contributed by atoms with Crippen LogP contribution in [0.25, 0.3) is 23.1 Å². The van der Waals surface area contributed by atoms with Gasteiger partial charge in [-0.25, -0.2) is 0 Å². The second-order valence-electron chi connectivity index (χ2n) is 6.44. The molecule has 4 rings (SSSR count). The SMILES string of the molecule is COc1cc2cc(C=Cc3ccccc3Cl)[nH]c2cc1OCc1ccccc1. The van der Waals surface area contributed by atoms with E-state index in [0.717, 1.165) is 32.7 Å². The second kappa shape index (κ2) is 8.24. The summed E-state index contributed by atoms with van der Waals surface area (Å²) >= 11 is 6.22. The Morgan fingerprint density at radius 3 is 2.46 bits per heavy atom. The number of hydrogen-bond acceptors (Lipinski definition) is 2. The van der Waals surface area contributed by atoms with E-state index in [2.05, 4.69) is 11.1 Å². The van der Waals surface area contributed by atoms with E-state index in [1.165, 1.54) is 0 Å². The van der Waals surface area contributed by atoms with E-state index < -0.39 is 0 Å². The minimum absolute atomic E-state index is 0.489. The lowest BCUT2D eigenvalue weighted by molar-refractivity contribution is 0.285. The number of aromatic nitrogens is 1. The van der Waals surface area contributed by atoms with Crippen LogP contribution >= 0.6 is 11.6 Å². The third kappa shape index (κ3) is 4.05. The van der Waals surface area contributed by atoms with E-state index >= 15 is 0 Å². The summed E-state index contributed by atoms with van der Waals surface area (Å²) < 4.78 is 11.5. The van der Waals surface area contributed by atoms with Crippen molar-refractivity contribution in [1.29, 1.82) is 0 Å². The molecule has 4 heteroatoms. The number of nitrogens with one attached hydrogen (secondary N) is 1. The molecule has 140 valence electrons. The van der Waals surface area contributed by atoms with Crippen LogP contribution in [0, 0.1) is 0 Å². The topological polar surface area (TPSA) is 34.2 Å². The molecule has 0 aliphatic rings. The van der Waals surface area contributed by atoms with Crippen LogP contribution < -0.4 is 9.47 Å².